The van der Waals surface area contributed by atoms with E-state index in [1.165, 1.54) is 42.5 Å². The van der Waals surface area contributed by atoms with E-state index in [1.807, 2.05) is 13.8 Å². The minimum absolute atomic E-state index is 0.0231. The Morgan fingerprint density at radius 2 is 1.74 bits per heavy atom. The van der Waals surface area contributed by atoms with Crippen molar-refractivity contribution in [2.75, 3.05) is 6.54 Å². The lowest BCUT2D eigenvalue weighted by Crippen LogP contribution is -2.44. The minimum Gasteiger partial charge on any atom is -0.405 e. The molecule has 0 fully saturated rings. The lowest BCUT2D eigenvalue weighted by molar-refractivity contribution is -0.484. The van der Waals surface area contributed by atoms with Gasteiger partial charge in [-0.25, -0.2) is 14.2 Å². The van der Waals surface area contributed by atoms with Gasteiger partial charge >= 0.3 is 5.97 Å². The van der Waals surface area contributed by atoms with Gasteiger partial charge in [0.2, 0.25) is 12.4 Å². The first-order chi connectivity index (χ1) is 14.6. The van der Waals surface area contributed by atoms with Gasteiger partial charge in [0.25, 0.3) is 5.69 Å². The van der Waals surface area contributed by atoms with Crippen molar-refractivity contribution in [3.05, 3.63) is 85.7 Å². The molecule has 0 saturated carbocycles. The molecule has 31 heavy (non-hydrogen) atoms. The molecule has 2 unspecified atom stereocenters. The summed E-state index contributed by atoms with van der Waals surface area (Å²) in [5, 5.41) is 22.5. The number of hydrogen-bond acceptors (Lipinski definition) is 7. The zero-order chi connectivity index (χ0) is 22.8. The fraction of sp³-hybridized carbons (Fsp3) is 0.333. The molecule has 0 radical (unpaired) electrons. The number of carbonyl (C=O) groups is 1. The van der Waals surface area contributed by atoms with Gasteiger partial charge in [-0.05, 0) is 30.0 Å². The van der Waals surface area contributed by atoms with Gasteiger partial charge in [0.05, 0.1) is 16.4 Å². The van der Waals surface area contributed by atoms with Crippen molar-refractivity contribution in [1.82, 2.24) is 0 Å². The highest BCUT2D eigenvalue weighted by Gasteiger charge is 2.55. The molecule has 1 aliphatic heterocycles. The Morgan fingerprint density at radius 3 is 2.29 bits per heavy atom. The molecular weight excluding hydrogens is 409 g/mol. The van der Waals surface area contributed by atoms with Crippen molar-refractivity contribution in [3.8, 4) is 0 Å². The number of carbonyl (C=O) groups excluding carboxylic acids is 1. The number of non-ortho nitro benzene ring substituents is 1. The number of nitrogens with zero attached hydrogens (tertiary/aromatic N) is 3. The Labute approximate surface area is 176 Å². The van der Waals surface area contributed by atoms with Gasteiger partial charge in [-0.2, -0.15) is 0 Å². The predicted octanol–water partition coefficient (Wildman–Crippen LogP) is 3.88. The molecule has 0 bridgehead atoms. The van der Waals surface area contributed by atoms with Crippen LogP contribution in [0, 0.1) is 32.0 Å². The van der Waals surface area contributed by atoms with E-state index in [2.05, 4.69) is 4.99 Å². The first kappa shape index (κ1) is 22.0. The van der Waals surface area contributed by atoms with Gasteiger partial charge in [-0.15, -0.1) is 0 Å². The molecule has 0 spiro atoms. The molecule has 0 aromatic heterocycles. The molecule has 0 saturated heterocycles. The normalized spacial score (nSPS) is 19.1. The van der Waals surface area contributed by atoms with Crippen LogP contribution in [0.1, 0.15) is 37.3 Å². The van der Waals surface area contributed by atoms with Crippen molar-refractivity contribution in [2.24, 2.45) is 10.9 Å². The van der Waals surface area contributed by atoms with Crippen LogP contribution in [-0.2, 0) is 9.53 Å². The first-order valence-corrected chi connectivity index (χ1v) is 9.57. The van der Waals surface area contributed by atoms with E-state index in [1.54, 1.807) is 6.07 Å². The molecule has 10 heteroatoms. The second kappa shape index (κ2) is 8.58. The summed E-state index contributed by atoms with van der Waals surface area (Å²) in [4.78, 5) is 38.8. The van der Waals surface area contributed by atoms with E-state index in [-0.39, 0.29) is 29.5 Å². The Morgan fingerprint density at radius 1 is 1.10 bits per heavy atom. The maximum absolute atomic E-state index is 14.3. The second-order valence-electron chi connectivity index (χ2n) is 7.73. The van der Waals surface area contributed by atoms with Crippen molar-refractivity contribution >= 4 is 17.6 Å². The summed E-state index contributed by atoms with van der Waals surface area (Å²) in [6, 6.07) is 10.8. The maximum atomic E-state index is 14.3. The average molecular weight is 429 g/mol. The van der Waals surface area contributed by atoms with Gasteiger partial charge < -0.3 is 4.74 Å². The fourth-order valence-corrected chi connectivity index (χ4v) is 3.80. The summed E-state index contributed by atoms with van der Waals surface area (Å²) >= 11 is 0. The van der Waals surface area contributed by atoms with Crippen molar-refractivity contribution in [2.45, 2.75) is 31.7 Å². The molecule has 2 atom stereocenters. The topological polar surface area (TPSA) is 125 Å². The lowest BCUT2D eigenvalue weighted by atomic mass is 9.74. The quantitative estimate of drug-likeness (QED) is 0.356. The van der Waals surface area contributed by atoms with E-state index in [9.17, 15) is 29.4 Å². The Bertz CT molecular complexity index is 1050. The average Bonchev–Trinajstić information content (AvgIpc) is 3.02. The highest BCUT2D eigenvalue weighted by Crippen LogP contribution is 2.42. The molecule has 3 rings (SSSR count). The van der Waals surface area contributed by atoms with E-state index < -0.39 is 39.6 Å². The number of hydrogen-bond donors (Lipinski definition) is 0. The number of aliphatic imine (C=N–C) groups is 1. The van der Waals surface area contributed by atoms with E-state index >= 15 is 0 Å². The Hall–Kier alpha value is -3.69. The van der Waals surface area contributed by atoms with Gasteiger partial charge in [0.1, 0.15) is 5.82 Å². The summed E-state index contributed by atoms with van der Waals surface area (Å²) in [6.45, 7) is 2.99. The molecule has 0 aliphatic carbocycles. The number of nitro groups is 2. The van der Waals surface area contributed by atoms with Gasteiger partial charge in [0, 0.05) is 17.1 Å². The van der Waals surface area contributed by atoms with Gasteiger partial charge in [-0.3, -0.25) is 20.2 Å². The van der Waals surface area contributed by atoms with E-state index in [0.29, 0.717) is 5.56 Å². The number of halogens is 1. The SMILES string of the molecule is CC(C)CC1(C(C[N+](=O)[O-])c2ccc([N+](=O)[O-])cc2)N=C(c2ccccc2F)OC1=O. The number of esters is 1. The van der Waals surface area contributed by atoms with Crippen LogP contribution in [0.3, 0.4) is 0 Å². The van der Waals surface area contributed by atoms with E-state index in [0.717, 1.165) is 0 Å². The lowest BCUT2D eigenvalue weighted by Gasteiger charge is -2.30. The van der Waals surface area contributed by atoms with Crippen LogP contribution in [-0.4, -0.2) is 33.8 Å². The molecule has 0 N–H and O–H groups in total. The molecule has 2 aromatic rings. The third-order valence-corrected chi connectivity index (χ3v) is 5.08. The Kier molecular flexibility index (Phi) is 6.09. The highest BCUT2D eigenvalue weighted by atomic mass is 19.1. The number of ether oxygens (including phenoxy) is 1. The zero-order valence-electron chi connectivity index (χ0n) is 16.9. The smallest absolute Gasteiger partial charge is 0.341 e. The fourth-order valence-electron chi connectivity index (χ4n) is 3.80. The first-order valence-electron chi connectivity index (χ1n) is 9.57. The maximum Gasteiger partial charge on any atom is 0.341 e. The molecule has 162 valence electrons. The third-order valence-electron chi connectivity index (χ3n) is 5.08. The van der Waals surface area contributed by atoms with Crippen LogP contribution in [0.4, 0.5) is 10.1 Å². The summed E-state index contributed by atoms with van der Waals surface area (Å²) in [5.41, 5.74) is -1.55. The molecule has 1 aliphatic rings. The van der Waals surface area contributed by atoms with Crippen LogP contribution >= 0.6 is 0 Å². The summed E-state index contributed by atoms with van der Waals surface area (Å²) in [5.74, 6) is -2.87. The van der Waals surface area contributed by atoms with Gasteiger partial charge in [0.15, 0.2) is 5.54 Å². The highest BCUT2D eigenvalue weighted by molar-refractivity contribution is 6.08. The van der Waals surface area contributed by atoms with E-state index in [4.69, 9.17) is 4.74 Å². The standard InChI is InChI=1S/C21H20FN3O6/c1-13(2)11-21(20(26)31-19(23-21)16-5-3-4-6-18(16)22)17(12-24(27)28)14-7-9-15(10-8-14)25(29)30/h3-10,13,17H,11-12H2,1-2H3. The number of benzene rings is 2. The summed E-state index contributed by atoms with van der Waals surface area (Å²) in [6.07, 6.45) is 0.110. The molecular formula is C21H20FN3O6. The third kappa shape index (κ3) is 4.42. The monoisotopic (exact) mass is 429 g/mol. The van der Waals surface area contributed by atoms with Crippen LogP contribution in [0.5, 0.6) is 0 Å². The largest absolute Gasteiger partial charge is 0.405 e. The second-order valence-corrected chi connectivity index (χ2v) is 7.73. The number of nitro benzene ring substituents is 1. The van der Waals surface area contributed by atoms with Crippen molar-refractivity contribution in [3.63, 3.8) is 0 Å². The molecule has 0 amide bonds. The Balaban J connectivity index is 2.16. The van der Waals surface area contributed by atoms with Crippen LogP contribution < -0.4 is 0 Å². The van der Waals surface area contributed by atoms with Crippen molar-refractivity contribution < 1.29 is 23.8 Å². The van der Waals surface area contributed by atoms with Crippen LogP contribution in [0.25, 0.3) is 0 Å². The minimum atomic E-state index is -1.67. The van der Waals surface area contributed by atoms with Gasteiger partial charge in [-0.1, -0.05) is 38.1 Å². The molecule has 9 nitrogen and oxygen atoms in total. The molecule has 2 aromatic carbocycles. The number of cyclic esters (lactones) is 1. The predicted molar refractivity (Wildman–Crippen MR) is 109 cm³/mol. The zero-order valence-corrected chi connectivity index (χ0v) is 16.9. The van der Waals surface area contributed by atoms with Crippen LogP contribution in [0.15, 0.2) is 53.5 Å². The van der Waals surface area contributed by atoms with Crippen molar-refractivity contribution in [1.29, 1.82) is 0 Å². The molecule has 1 heterocycles. The van der Waals surface area contributed by atoms with Crippen LogP contribution in [0.2, 0.25) is 0 Å². The number of rotatable bonds is 8. The summed E-state index contributed by atoms with van der Waals surface area (Å²) < 4.78 is 19.6. The summed E-state index contributed by atoms with van der Waals surface area (Å²) in [7, 11) is 0.